The van der Waals surface area contributed by atoms with Crippen LogP contribution >= 0.6 is 0 Å². The van der Waals surface area contributed by atoms with E-state index in [1.165, 1.54) is 22.5 Å². The van der Waals surface area contributed by atoms with Gasteiger partial charge in [0.2, 0.25) is 15.9 Å². The first-order valence-electron chi connectivity index (χ1n) is 11.6. The number of benzene rings is 2. The summed E-state index contributed by atoms with van der Waals surface area (Å²) in [6.45, 7) is 4.31. The third-order valence-electron chi connectivity index (χ3n) is 6.13. The molecule has 1 fully saturated rings. The standard InChI is InChI=1S/C26H28FN3O4S/c1-3-30(22-12-5-4-6-13-22)26(31)21-11-9-17-29(18-21)35(32,33)25-19(2)28-34-24(25)16-15-20-10-7-8-14-23(20)27/h4-8,10,12-16,21H,3,9,11,17-18H2,1-2H3/b16-15+/t21-/m0/s1. The molecule has 35 heavy (non-hydrogen) atoms. The van der Waals surface area contributed by atoms with E-state index in [9.17, 15) is 17.6 Å². The molecule has 0 radical (unpaired) electrons. The lowest BCUT2D eigenvalue weighted by atomic mass is 9.97. The van der Waals surface area contributed by atoms with Crippen LogP contribution in [0.5, 0.6) is 0 Å². The number of rotatable bonds is 7. The number of carbonyl (C=O) groups excluding carboxylic acids is 1. The average Bonchev–Trinajstić information content (AvgIpc) is 3.25. The molecule has 1 atom stereocenters. The highest BCUT2D eigenvalue weighted by molar-refractivity contribution is 7.89. The fourth-order valence-electron chi connectivity index (χ4n) is 4.36. The molecule has 0 spiro atoms. The van der Waals surface area contributed by atoms with Crippen molar-refractivity contribution in [2.45, 2.75) is 31.6 Å². The average molecular weight is 498 g/mol. The van der Waals surface area contributed by atoms with Crippen molar-refractivity contribution in [2.24, 2.45) is 5.92 Å². The Hall–Kier alpha value is -3.30. The van der Waals surface area contributed by atoms with E-state index in [2.05, 4.69) is 5.16 Å². The van der Waals surface area contributed by atoms with E-state index in [1.807, 2.05) is 37.3 Å². The number of amides is 1. The highest BCUT2D eigenvalue weighted by Crippen LogP contribution is 2.30. The SMILES string of the molecule is CCN(C(=O)[C@H]1CCCN(S(=O)(=O)c2c(C)noc2/C=C/c2ccccc2F)C1)c1ccccc1. The van der Waals surface area contributed by atoms with Crippen molar-refractivity contribution in [3.8, 4) is 0 Å². The fourth-order valence-corrected chi connectivity index (χ4v) is 6.13. The molecule has 1 amide bonds. The topological polar surface area (TPSA) is 83.7 Å². The number of halogens is 1. The van der Waals surface area contributed by atoms with Crippen LogP contribution in [0.1, 0.15) is 36.8 Å². The third kappa shape index (κ3) is 5.21. The van der Waals surface area contributed by atoms with Crippen molar-refractivity contribution in [1.29, 1.82) is 0 Å². The molecule has 0 aliphatic carbocycles. The number of para-hydroxylation sites is 1. The van der Waals surface area contributed by atoms with Crippen molar-refractivity contribution in [3.63, 3.8) is 0 Å². The molecule has 1 aliphatic heterocycles. The highest BCUT2D eigenvalue weighted by atomic mass is 32.2. The first-order valence-corrected chi connectivity index (χ1v) is 13.0. The number of nitrogens with zero attached hydrogens (tertiary/aromatic N) is 3. The molecular formula is C26H28FN3O4S. The Balaban J connectivity index is 1.58. The predicted octanol–water partition coefficient (Wildman–Crippen LogP) is 4.75. The van der Waals surface area contributed by atoms with E-state index in [4.69, 9.17) is 4.52 Å². The molecule has 1 aromatic heterocycles. The second kappa shape index (κ2) is 10.5. The van der Waals surface area contributed by atoms with Gasteiger partial charge in [-0.15, -0.1) is 0 Å². The van der Waals surface area contributed by atoms with Crippen molar-refractivity contribution in [1.82, 2.24) is 9.46 Å². The van der Waals surface area contributed by atoms with Crippen molar-refractivity contribution in [3.05, 3.63) is 77.4 Å². The smallest absolute Gasteiger partial charge is 0.248 e. The quantitative estimate of drug-likeness (QED) is 0.471. The maximum atomic E-state index is 14.0. The summed E-state index contributed by atoms with van der Waals surface area (Å²) in [6.07, 6.45) is 4.03. The van der Waals surface area contributed by atoms with Crippen molar-refractivity contribution < 1.29 is 22.1 Å². The Labute approximate surface area is 204 Å². The Morgan fingerprint density at radius 2 is 1.89 bits per heavy atom. The van der Waals surface area contributed by atoms with Crippen molar-refractivity contribution in [2.75, 3.05) is 24.5 Å². The summed E-state index contributed by atoms with van der Waals surface area (Å²) in [5, 5.41) is 3.85. The maximum absolute atomic E-state index is 14.0. The van der Waals surface area contributed by atoms with Crippen LogP contribution in [-0.2, 0) is 14.8 Å². The van der Waals surface area contributed by atoms with Gasteiger partial charge in [-0.1, -0.05) is 41.6 Å². The van der Waals surface area contributed by atoms with E-state index < -0.39 is 21.8 Å². The molecule has 0 saturated carbocycles. The van der Waals surface area contributed by atoms with Crippen LogP contribution < -0.4 is 4.90 Å². The monoisotopic (exact) mass is 497 g/mol. The first-order chi connectivity index (χ1) is 16.8. The molecule has 0 unspecified atom stereocenters. The van der Waals surface area contributed by atoms with Gasteiger partial charge in [0.1, 0.15) is 11.5 Å². The van der Waals surface area contributed by atoms with Gasteiger partial charge in [0.15, 0.2) is 10.7 Å². The van der Waals surface area contributed by atoms with Crippen LogP contribution in [0.3, 0.4) is 0 Å². The van der Waals surface area contributed by atoms with Gasteiger partial charge in [-0.25, -0.2) is 12.8 Å². The summed E-state index contributed by atoms with van der Waals surface area (Å²) < 4.78 is 47.9. The van der Waals surface area contributed by atoms with Crippen LogP contribution in [0, 0.1) is 18.7 Å². The fraction of sp³-hybridized carbons (Fsp3) is 0.308. The minimum atomic E-state index is -4.00. The zero-order valence-electron chi connectivity index (χ0n) is 19.7. The van der Waals surface area contributed by atoms with E-state index in [0.29, 0.717) is 31.5 Å². The van der Waals surface area contributed by atoms with E-state index in [-0.39, 0.29) is 28.8 Å². The van der Waals surface area contributed by atoms with Gasteiger partial charge in [-0.3, -0.25) is 4.79 Å². The summed E-state index contributed by atoms with van der Waals surface area (Å²) in [6, 6.07) is 15.5. The molecule has 0 N–H and O–H groups in total. The molecule has 9 heteroatoms. The summed E-state index contributed by atoms with van der Waals surface area (Å²) in [7, 11) is -4.00. The highest BCUT2D eigenvalue weighted by Gasteiger charge is 2.38. The van der Waals surface area contributed by atoms with Gasteiger partial charge < -0.3 is 9.42 Å². The number of sulfonamides is 1. The largest absolute Gasteiger partial charge is 0.355 e. The number of piperidine rings is 1. The van der Waals surface area contributed by atoms with Gasteiger partial charge in [-0.05, 0) is 57.0 Å². The van der Waals surface area contributed by atoms with E-state index >= 15 is 0 Å². The summed E-state index contributed by atoms with van der Waals surface area (Å²) in [4.78, 5) is 15.0. The molecule has 2 aromatic carbocycles. The molecule has 0 bridgehead atoms. The second-order valence-corrected chi connectivity index (χ2v) is 10.3. The lowest BCUT2D eigenvalue weighted by Crippen LogP contribution is -2.47. The predicted molar refractivity (Wildman–Crippen MR) is 133 cm³/mol. The van der Waals surface area contributed by atoms with Crippen LogP contribution in [0.15, 0.2) is 64.0 Å². The zero-order valence-corrected chi connectivity index (χ0v) is 20.5. The number of hydrogen-bond acceptors (Lipinski definition) is 5. The zero-order chi connectivity index (χ0) is 25.0. The summed E-state index contributed by atoms with van der Waals surface area (Å²) in [5.41, 5.74) is 1.30. The van der Waals surface area contributed by atoms with Gasteiger partial charge in [0.25, 0.3) is 0 Å². The maximum Gasteiger partial charge on any atom is 0.248 e. The summed E-state index contributed by atoms with van der Waals surface area (Å²) in [5.74, 6) is -0.962. The lowest BCUT2D eigenvalue weighted by molar-refractivity contribution is -0.123. The van der Waals surface area contributed by atoms with E-state index in [0.717, 1.165) is 5.69 Å². The Morgan fingerprint density at radius 3 is 2.60 bits per heavy atom. The van der Waals surface area contributed by atoms with Crippen LogP contribution in [-0.4, -0.2) is 43.4 Å². The lowest BCUT2D eigenvalue weighted by Gasteiger charge is -2.34. The van der Waals surface area contributed by atoms with Gasteiger partial charge in [-0.2, -0.15) is 4.31 Å². The minimum absolute atomic E-state index is 0.0265. The second-order valence-electron chi connectivity index (χ2n) is 8.44. The number of hydrogen-bond donors (Lipinski definition) is 0. The van der Waals surface area contributed by atoms with Gasteiger partial charge in [0.05, 0.1) is 5.92 Å². The molecule has 7 nitrogen and oxygen atoms in total. The van der Waals surface area contributed by atoms with Gasteiger partial charge >= 0.3 is 0 Å². The van der Waals surface area contributed by atoms with Crippen LogP contribution in [0.25, 0.3) is 12.2 Å². The van der Waals surface area contributed by atoms with Gasteiger partial charge in [0, 0.05) is 30.9 Å². The molecule has 1 aliphatic rings. The normalized spacial score (nSPS) is 17.1. The number of aromatic nitrogens is 1. The van der Waals surface area contributed by atoms with Crippen LogP contribution in [0.2, 0.25) is 0 Å². The molecule has 1 saturated heterocycles. The molecular weight excluding hydrogens is 469 g/mol. The molecule has 2 heterocycles. The Morgan fingerprint density at radius 1 is 1.17 bits per heavy atom. The first kappa shape index (κ1) is 24.8. The molecule has 184 valence electrons. The Bertz CT molecular complexity index is 1320. The van der Waals surface area contributed by atoms with Crippen LogP contribution in [0.4, 0.5) is 10.1 Å². The molecule has 4 rings (SSSR count). The minimum Gasteiger partial charge on any atom is -0.355 e. The van der Waals surface area contributed by atoms with Crippen molar-refractivity contribution >= 4 is 33.8 Å². The number of anilines is 1. The molecule has 3 aromatic rings. The number of carbonyl (C=O) groups is 1. The third-order valence-corrected chi connectivity index (χ3v) is 8.16. The van der Waals surface area contributed by atoms with E-state index in [1.54, 1.807) is 30.0 Å². The summed E-state index contributed by atoms with van der Waals surface area (Å²) >= 11 is 0. The number of aryl methyl sites for hydroxylation is 1. The Kier molecular flexibility index (Phi) is 7.47.